The molecule has 0 radical (unpaired) electrons. The van der Waals surface area contributed by atoms with Crippen molar-refractivity contribution >= 4 is 51.6 Å². The molecule has 1 aromatic heterocycles. The molecular formula is C14H12ClFIN3O. The van der Waals surface area contributed by atoms with Crippen molar-refractivity contribution < 1.29 is 9.18 Å². The first-order chi connectivity index (χ1) is 10.0. The molecule has 2 aromatic rings. The molecule has 0 unspecified atom stereocenters. The highest BCUT2D eigenvalue weighted by molar-refractivity contribution is 14.1. The molecular weight excluding hydrogens is 408 g/mol. The number of halogens is 3. The Balaban J connectivity index is 2.25. The number of amides is 1. The van der Waals surface area contributed by atoms with Crippen molar-refractivity contribution in [3.05, 3.63) is 50.4 Å². The molecule has 2 N–H and O–H groups in total. The Labute approximate surface area is 140 Å². The topological polar surface area (TPSA) is 54.0 Å². The smallest absolute Gasteiger partial charge is 0.275 e. The number of benzene rings is 1. The zero-order valence-corrected chi connectivity index (χ0v) is 14.0. The number of carbonyl (C=O) groups is 1. The summed E-state index contributed by atoms with van der Waals surface area (Å²) in [6.07, 6.45) is 0. The molecule has 0 bridgehead atoms. The van der Waals surface area contributed by atoms with E-state index < -0.39 is 5.91 Å². The molecule has 0 fully saturated rings. The summed E-state index contributed by atoms with van der Waals surface area (Å²) >= 11 is 7.96. The van der Waals surface area contributed by atoms with Gasteiger partial charge in [0.15, 0.2) is 0 Å². The minimum atomic E-state index is -0.440. The van der Waals surface area contributed by atoms with Crippen LogP contribution >= 0.6 is 34.2 Å². The van der Waals surface area contributed by atoms with Gasteiger partial charge < -0.3 is 10.6 Å². The van der Waals surface area contributed by atoms with Crippen LogP contribution in [-0.2, 0) is 0 Å². The van der Waals surface area contributed by atoms with Crippen LogP contribution in [-0.4, -0.2) is 17.4 Å². The van der Waals surface area contributed by atoms with E-state index in [1.165, 1.54) is 18.2 Å². The van der Waals surface area contributed by atoms with Crippen LogP contribution in [0.5, 0.6) is 0 Å². The van der Waals surface area contributed by atoms with E-state index in [0.29, 0.717) is 21.6 Å². The Morgan fingerprint density at radius 3 is 2.81 bits per heavy atom. The lowest BCUT2D eigenvalue weighted by molar-refractivity contribution is 0.102. The molecule has 1 heterocycles. The minimum Gasteiger partial charge on any atom is -0.370 e. The minimum absolute atomic E-state index is 0.121. The maximum atomic E-state index is 13.1. The van der Waals surface area contributed by atoms with E-state index in [1.54, 1.807) is 12.1 Å². The van der Waals surface area contributed by atoms with Gasteiger partial charge in [0.2, 0.25) is 0 Å². The van der Waals surface area contributed by atoms with E-state index in [4.69, 9.17) is 11.6 Å². The van der Waals surface area contributed by atoms with Crippen molar-refractivity contribution in [3.8, 4) is 0 Å². The van der Waals surface area contributed by atoms with Crippen LogP contribution in [0.25, 0.3) is 0 Å². The van der Waals surface area contributed by atoms with Gasteiger partial charge >= 0.3 is 0 Å². The van der Waals surface area contributed by atoms with Gasteiger partial charge in [-0.2, -0.15) is 0 Å². The fourth-order valence-corrected chi connectivity index (χ4v) is 2.46. The van der Waals surface area contributed by atoms with Crippen molar-refractivity contribution in [2.24, 2.45) is 0 Å². The molecule has 4 nitrogen and oxygen atoms in total. The van der Waals surface area contributed by atoms with Crippen LogP contribution in [0.2, 0.25) is 5.02 Å². The van der Waals surface area contributed by atoms with Crippen LogP contribution in [0.3, 0.4) is 0 Å². The van der Waals surface area contributed by atoms with Gasteiger partial charge in [0.25, 0.3) is 5.91 Å². The third-order valence-electron chi connectivity index (χ3n) is 2.60. The number of rotatable bonds is 4. The van der Waals surface area contributed by atoms with E-state index in [0.717, 1.165) is 0 Å². The summed E-state index contributed by atoms with van der Waals surface area (Å²) in [4.78, 5) is 16.4. The molecule has 0 saturated carbocycles. The first-order valence-electron chi connectivity index (χ1n) is 6.18. The molecule has 0 atom stereocenters. The lowest BCUT2D eigenvalue weighted by Gasteiger charge is -2.10. The Morgan fingerprint density at radius 2 is 2.14 bits per heavy atom. The van der Waals surface area contributed by atoms with E-state index in [-0.39, 0.29) is 16.5 Å². The van der Waals surface area contributed by atoms with Crippen molar-refractivity contribution in [2.75, 3.05) is 17.2 Å². The number of nitrogens with one attached hydrogen (secondary N) is 2. The van der Waals surface area contributed by atoms with Gasteiger partial charge in [-0.25, -0.2) is 9.37 Å². The molecule has 110 valence electrons. The van der Waals surface area contributed by atoms with E-state index in [2.05, 4.69) is 15.6 Å². The summed E-state index contributed by atoms with van der Waals surface area (Å²) in [5, 5.41) is 5.94. The Kier molecular flexibility index (Phi) is 5.35. The number of pyridine rings is 1. The van der Waals surface area contributed by atoms with E-state index in [9.17, 15) is 9.18 Å². The summed E-state index contributed by atoms with van der Waals surface area (Å²) in [6, 6.07) is 7.42. The second-order valence-electron chi connectivity index (χ2n) is 4.14. The molecule has 0 spiro atoms. The number of aromatic nitrogens is 1. The van der Waals surface area contributed by atoms with Crippen LogP contribution in [0, 0.1) is 9.39 Å². The van der Waals surface area contributed by atoms with E-state index in [1.807, 2.05) is 29.5 Å². The summed E-state index contributed by atoms with van der Waals surface area (Å²) in [5.41, 5.74) is 0.629. The summed E-state index contributed by atoms with van der Waals surface area (Å²) in [6.45, 7) is 2.61. The fourth-order valence-electron chi connectivity index (χ4n) is 1.65. The summed E-state index contributed by atoms with van der Waals surface area (Å²) < 4.78 is 13.6. The Morgan fingerprint density at radius 1 is 1.38 bits per heavy atom. The largest absolute Gasteiger partial charge is 0.370 e. The van der Waals surface area contributed by atoms with Crippen molar-refractivity contribution in [1.29, 1.82) is 0 Å². The van der Waals surface area contributed by atoms with Crippen LogP contribution < -0.4 is 10.6 Å². The molecule has 1 amide bonds. The number of anilines is 2. The van der Waals surface area contributed by atoms with Gasteiger partial charge in [0.05, 0.1) is 10.7 Å². The van der Waals surface area contributed by atoms with Gasteiger partial charge in [0.1, 0.15) is 17.3 Å². The zero-order valence-electron chi connectivity index (χ0n) is 11.1. The summed E-state index contributed by atoms with van der Waals surface area (Å²) in [7, 11) is 0. The number of nitrogens with zero attached hydrogens (tertiary/aromatic N) is 1. The molecule has 0 aliphatic carbocycles. The highest BCUT2D eigenvalue weighted by atomic mass is 127. The maximum absolute atomic E-state index is 13.1. The van der Waals surface area contributed by atoms with Crippen LogP contribution in [0.15, 0.2) is 30.3 Å². The second kappa shape index (κ2) is 7.04. The SMILES string of the molecule is CCNc1ccc(Cl)c(C(=O)Nc2ccc(F)cc2I)n1. The third kappa shape index (κ3) is 4.04. The van der Waals surface area contributed by atoms with Crippen molar-refractivity contribution in [2.45, 2.75) is 6.92 Å². The molecule has 0 saturated heterocycles. The molecule has 2 rings (SSSR count). The Hall–Kier alpha value is -1.41. The predicted octanol–water partition coefficient (Wildman–Crippen LogP) is 4.16. The van der Waals surface area contributed by atoms with Crippen LogP contribution in [0.4, 0.5) is 15.9 Å². The Bertz CT molecular complexity index is 681. The summed E-state index contributed by atoms with van der Waals surface area (Å²) in [5.74, 6) is -0.229. The molecule has 21 heavy (non-hydrogen) atoms. The van der Waals surface area contributed by atoms with Gasteiger partial charge in [-0.15, -0.1) is 0 Å². The van der Waals surface area contributed by atoms with Crippen LogP contribution in [0.1, 0.15) is 17.4 Å². The average molecular weight is 420 g/mol. The maximum Gasteiger partial charge on any atom is 0.275 e. The number of hydrogen-bond acceptors (Lipinski definition) is 3. The van der Waals surface area contributed by atoms with Crippen molar-refractivity contribution in [1.82, 2.24) is 4.98 Å². The van der Waals surface area contributed by atoms with Gasteiger partial charge in [-0.3, -0.25) is 4.79 Å². The highest BCUT2D eigenvalue weighted by Gasteiger charge is 2.15. The van der Waals surface area contributed by atoms with Crippen molar-refractivity contribution in [3.63, 3.8) is 0 Å². The third-order valence-corrected chi connectivity index (χ3v) is 3.80. The molecule has 0 aliphatic rings. The molecule has 7 heteroatoms. The first kappa shape index (κ1) is 16.0. The predicted molar refractivity (Wildman–Crippen MR) is 90.5 cm³/mol. The lowest BCUT2D eigenvalue weighted by atomic mass is 10.3. The fraction of sp³-hybridized carbons (Fsp3) is 0.143. The van der Waals surface area contributed by atoms with E-state index >= 15 is 0 Å². The van der Waals surface area contributed by atoms with Gasteiger partial charge in [-0.05, 0) is 59.8 Å². The average Bonchev–Trinajstić information content (AvgIpc) is 2.44. The lowest BCUT2D eigenvalue weighted by Crippen LogP contribution is -2.16. The highest BCUT2D eigenvalue weighted by Crippen LogP contribution is 2.22. The number of hydrogen-bond donors (Lipinski definition) is 2. The quantitative estimate of drug-likeness (QED) is 0.732. The first-order valence-corrected chi connectivity index (χ1v) is 7.63. The molecule has 1 aromatic carbocycles. The molecule has 0 aliphatic heterocycles. The monoisotopic (exact) mass is 419 g/mol. The van der Waals surface area contributed by atoms with Gasteiger partial charge in [-0.1, -0.05) is 11.6 Å². The second-order valence-corrected chi connectivity index (χ2v) is 5.70. The zero-order chi connectivity index (χ0) is 15.4. The number of carbonyl (C=O) groups excluding carboxylic acids is 1. The normalized spacial score (nSPS) is 10.3. The van der Waals surface area contributed by atoms with Gasteiger partial charge in [0, 0.05) is 10.1 Å². The standard InChI is InChI=1S/C14H12ClFIN3O/c1-2-18-12-6-4-9(15)13(20-12)14(21)19-11-5-3-8(16)7-10(11)17/h3-7H,2H2,1H3,(H,18,20)(H,19,21).